The number of fused-ring (bicyclic) bond motifs is 2. The number of likely N-dealkylation sites (tertiary alicyclic amines) is 1. The summed E-state index contributed by atoms with van der Waals surface area (Å²) in [6.07, 6.45) is 5.28. The van der Waals surface area contributed by atoms with Crippen LogP contribution >= 0.6 is 0 Å². The van der Waals surface area contributed by atoms with Crippen LogP contribution in [0.4, 0.5) is 5.69 Å². The van der Waals surface area contributed by atoms with Crippen LogP contribution in [0, 0.1) is 0 Å². The molecule has 2 aromatic heterocycles. The summed E-state index contributed by atoms with van der Waals surface area (Å²) in [6.45, 7) is 4.10. The van der Waals surface area contributed by atoms with Crippen molar-refractivity contribution in [3.8, 4) is 0 Å². The first-order valence-corrected chi connectivity index (χ1v) is 11.1. The lowest BCUT2D eigenvalue weighted by Gasteiger charge is -2.32. The number of nitrogens with zero attached hydrogens (tertiary/aromatic N) is 2. The first-order chi connectivity index (χ1) is 15.3. The predicted octanol–water partition coefficient (Wildman–Crippen LogP) is 5.02. The zero-order chi connectivity index (χ0) is 21.0. The smallest absolute Gasteiger partial charge is 0.338 e. The molecule has 0 atom stereocenters. The van der Waals surface area contributed by atoms with Crippen LogP contribution in [0.5, 0.6) is 0 Å². The first kappa shape index (κ1) is 19.8. The van der Waals surface area contributed by atoms with E-state index >= 15 is 0 Å². The predicted molar refractivity (Wildman–Crippen MR) is 126 cm³/mol. The van der Waals surface area contributed by atoms with E-state index in [4.69, 9.17) is 9.40 Å². The summed E-state index contributed by atoms with van der Waals surface area (Å²) in [7, 11) is 0. The van der Waals surface area contributed by atoms with E-state index in [1.807, 2.05) is 30.5 Å². The van der Waals surface area contributed by atoms with Gasteiger partial charge in [-0.05, 0) is 62.5 Å². The van der Waals surface area contributed by atoms with Crippen LogP contribution in [0.15, 0.2) is 76.1 Å². The molecule has 1 fully saturated rings. The van der Waals surface area contributed by atoms with E-state index in [9.17, 15) is 4.79 Å². The number of aromatic nitrogens is 1. The van der Waals surface area contributed by atoms with Gasteiger partial charge in [-0.15, -0.1) is 0 Å². The highest BCUT2D eigenvalue weighted by Crippen LogP contribution is 2.31. The van der Waals surface area contributed by atoms with E-state index in [0.29, 0.717) is 11.5 Å². The van der Waals surface area contributed by atoms with Gasteiger partial charge in [0.05, 0.1) is 11.4 Å². The van der Waals surface area contributed by atoms with Gasteiger partial charge >= 0.3 is 5.63 Å². The number of pyridine rings is 1. The molecule has 0 aliphatic carbocycles. The minimum absolute atomic E-state index is 0.315. The van der Waals surface area contributed by atoms with Gasteiger partial charge in [-0.2, -0.15) is 0 Å². The maximum Gasteiger partial charge on any atom is 0.338 e. The highest BCUT2D eigenvalue weighted by Gasteiger charge is 2.22. The molecule has 0 amide bonds. The quantitative estimate of drug-likeness (QED) is 0.355. The largest absolute Gasteiger partial charge is 0.423 e. The van der Waals surface area contributed by atoms with Gasteiger partial charge in [-0.25, -0.2) is 4.79 Å². The third-order valence-electron chi connectivity index (χ3n) is 6.30. The average Bonchev–Trinajstić information content (AvgIpc) is 2.82. The van der Waals surface area contributed by atoms with Crippen LogP contribution in [-0.2, 0) is 0 Å². The van der Waals surface area contributed by atoms with Crippen molar-refractivity contribution in [2.24, 2.45) is 0 Å². The molecule has 5 heteroatoms. The monoisotopic (exact) mass is 413 g/mol. The SMILES string of the molecule is O=c1cc(NCCCN2CCC(c3nccc4ccccc34)CC2)c2ccccc2o1. The summed E-state index contributed by atoms with van der Waals surface area (Å²) in [6, 6.07) is 19.9. The Morgan fingerprint density at radius 2 is 1.77 bits per heavy atom. The summed E-state index contributed by atoms with van der Waals surface area (Å²) >= 11 is 0. The first-order valence-electron chi connectivity index (χ1n) is 11.1. The maximum absolute atomic E-state index is 11.8. The number of piperidine rings is 1. The molecule has 1 N–H and O–H groups in total. The van der Waals surface area contributed by atoms with Crippen LogP contribution in [0.1, 0.15) is 30.9 Å². The molecule has 1 aliphatic rings. The zero-order valence-electron chi connectivity index (χ0n) is 17.6. The van der Waals surface area contributed by atoms with Gasteiger partial charge in [-0.3, -0.25) is 4.98 Å². The molecule has 0 bridgehead atoms. The van der Waals surface area contributed by atoms with Crippen molar-refractivity contribution < 1.29 is 4.42 Å². The molecule has 0 saturated carbocycles. The second-order valence-electron chi connectivity index (χ2n) is 8.29. The van der Waals surface area contributed by atoms with Gasteiger partial charge in [0, 0.05) is 35.5 Å². The average molecular weight is 414 g/mol. The minimum Gasteiger partial charge on any atom is -0.423 e. The van der Waals surface area contributed by atoms with Gasteiger partial charge < -0.3 is 14.6 Å². The van der Waals surface area contributed by atoms with E-state index in [1.165, 1.54) is 16.5 Å². The Kier molecular flexibility index (Phi) is 5.67. The van der Waals surface area contributed by atoms with E-state index < -0.39 is 0 Å². The van der Waals surface area contributed by atoms with Crippen molar-refractivity contribution in [1.29, 1.82) is 0 Å². The van der Waals surface area contributed by atoms with Gasteiger partial charge in [0.2, 0.25) is 0 Å². The van der Waals surface area contributed by atoms with Crippen LogP contribution in [0.3, 0.4) is 0 Å². The Morgan fingerprint density at radius 1 is 1.00 bits per heavy atom. The standard InChI is InChI=1S/C26H27N3O2/c30-25-18-23(22-8-3-4-9-24(22)31-25)27-13-5-15-29-16-11-20(12-17-29)26-21-7-2-1-6-19(21)10-14-28-26/h1-4,6-10,14,18,20,27H,5,11-13,15-17H2. The maximum atomic E-state index is 11.8. The second kappa shape index (κ2) is 8.90. The van der Waals surface area contributed by atoms with Crippen LogP contribution in [-0.4, -0.2) is 36.1 Å². The van der Waals surface area contributed by atoms with E-state index in [-0.39, 0.29) is 5.63 Å². The Bertz CT molecular complexity index is 1240. The fraction of sp³-hybridized carbons (Fsp3) is 0.308. The molecule has 1 saturated heterocycles. The Balaban J connectivity index is 1.14. The third-order valence-corrected chi connectivity index (χ3v) is 6.30. The second-order valence-corrected chi connectivity index (χ2v) is 8.29. The minimum atomic E-state index is -0.315. The molecule has 5 nitrogen and oxygen atoms in total. The molecule has 2 aromatic carbocycles. The van der Waals surface area contributed by atoms with Crippen LogP contribution < -0.4 is 10.9 Å². The molecule has 0 radical (unpaired) electrons. The molecule has 3 heterocycles. The number of hydrogen-bond donors (Lipinski definition) is 1. The molecule has 31 heavy (non-hydrogen) atoms. The topological polar surface area (TPSA) is 58.4 Å². The Hall–Kier alpha value is -3.18. The van der Waals surface area contributed by atoms with Crippen molar-refractivity contribution in [2.75, 3.05) is 31.5 Å². The molecule has 0 spiro atoms. The number of rotatable bonds is 6. The van der Waals surface area contributed by atoms with Crippen molar-refractivity contribution in [1.82, 2.24) is 9.88 Å². The van der Waals surface area contributed by atoms with Crippen LogP contribution in [0.2, 0.25) is 0 Å². The number of para-hydroxylation sites is 1. The summed E-state index contributed by atoms with van der Waals surface area (Å²) < 4.78 is 5.27. The summed E-state index contributed by atoms with van der Waals surface area (Å²) in [5, 5.41) is 6.96. The van der Waals surface area contributed by atoms with Gasteiger partial charge in [0.1, 0.15) is 5.58 Å². The molecule has 158 valence electrons. The highest BCUT2D eigenvalue weighted by molar-refractivity contribution is 5.89. The van der Waals surface area contributed by atoms with Crippen molar-refractivity contribution >= 4 is 27.4 Å². The van der Waals surface area contributed by atoms with E-state index in [1.54, 1.807) is 6.07 Å². The van der Waals surface area contributed by atoms with Gasteiger partial charge in [0.15, 0.2) is 0 Å². The van der Waals surface area contributed by atoms with Gasteiger partial charge in [0.25, 0.3) is 0 Å². The van der Waals surface area contributed by atoms with E-state index in [0.717, 1.165) is 56.5 Å². The molecular weight excluding hydrogens is 386 g/mol. The van der Waals surface area contributed by atoms with Crippen molar-refractivity contribution in [3.05, 3.63) is 83.0 Å². The van der Waals surface area contributed by atoms with Crippen LogP contribution in [0.25, 0.3) is 21.7 Å². The molecular formula is C26H27N3O2. The lowest BCUT2D eigenvalue weighted by molar-refractivity contribution is 0.211. The lowest BCUT2D eigenvalue weighted by atomic mass is 9.90. The fourth-order valence-electron chi connectivity index (χ4n) is 4.68. The number of hydrogen-bond acceptors (Lipinski definition) is 5. The summed E-state index contributed by atoms with van der Waals surface area (Å²) in [5.74, 6) is 0.537. The summed E-state index contributed by atoms with van der Waals surface area (Å²) in [5.41, 5.74) is 2.42. The number of anilines is 1. The number of nitrogens with one attached hydrogen (secondary N) is 1. The summed E-state index contributed by atoms with van der Waals surface area (Å²) in [4.78, 5) is 19.1. The van der Waals surface area contributed by atoms with E-state index in [2.05, 4.69) is 40.5 Å². The zero-order valence-corrected chi connectivity index (χ0v) is 17.6. The Labute approximate surface area is 181 Å². The number of benzene rings is 2. The Morgan fingerprint density at radius 3 is 2.65 bits per heavy atom. The van der Waals surface area contributed by atoms with Gasteiger partial charge in [-0.1, -0.05) is 36.4 Å². The fourth-order valence-corrected chi connectivity index (χ4v) is 4.68. The molecule has 5 rings (SSSR count). The lowest BCUT2D eigenvalue weighted by Crippen LogP contribution is -2.34. The highest BCUT2D eigenvalue weighted by atomic mass is 16.4. The molecule has 4 aromatic rings. The molecule has 0 unspecified atom stereocenters. The third kappa shape index (κ3) is 4.32. The normalized spacial score (nSPS) is 15.5. The van der Waals surface area contributed by atoms with Crippen molar-refractivity contribution in [3.63, 3.8) is 0 Å². The molecule has 1 aliphatic heterocycles. The van der Waals surface area contributed by atoms with Crippen molar-refractivity contribution in [2.45, 2.75) is 25.2 Å².